The molecule has 0 unspecified atom stereocenters. The summed E-state index contributed by atoms with van der Waals surface area (Å²) in [5.74, 6) is -0.556. The van der Waals surface area contributed by atoms with Gasteiger partial charge in [-0.1, -0.05) is 37.4 Å². The average Bonchev–Trinajstić information content (AvgIpc) is 2.62. The molecule has 4 nitrogen and oxygen atoms in total. The Bertz CT molecular complexity index is 581. The fraction of sp³-hybridized carbons (Fsp3) is 0.579. The van der Waals surface area contributed by atoms with Crippen molar-refractivity contribution >= 4 is 23.4 Å². The van der Waals surface area contributed by atoms with E-state index in [0.717, 1.165) is 25.8 Å². The van der Waals surface area contributed by atoms with E-state index in [1.807, 2.05) is 0 Å². The lowest BCUT2D eigenvalue weighted by Gasteiger charge is -2.31. The predicted molar refractivity (Wildman–Crippen MR) is 97.0 cm³/mol. The Morgan fingerprint density at radius 3 is 2.64 bits per heavy atom. The van der Waals surface area contributed by atoms with E-state index in [1.165, 1.54) is 12.1 Å². The molecule has 0 atom stereocenters. The number of piperidine rings is 1. The van der Waals surface area contributed by atoms with Crippen molar-refractivity contribution < 1.29 is 14.0 Å². The second-order valence-electron chi connectivity index (χ2n) is 6.53. The van der Waals surface area contributed by atoms with Crippen molar-refractivity contribution in [3.63, 3.8) is 0 Å². The summed E-state index contributed by atoms with van der Waals surface area (Å²) >= 11 is 5.98. The SMILES string of the molecule is CCCCCNC(=O)C1CCN(C(=O)Cc2c(F)cccc2Cl)CC1. The van der Waals surface area contributed by atoms with Crippen LogP contribution in [0.25, 0.3) is 0 Å². The zero-order chi connectivity index (χ0) is 18.2. The van der Waals surface area contributed by atoms with E-state index in [2.05, 4.69) is 12.2 Å². The molecule has 1 N–H and O–H groups in total. The van der Waals surface area contributed by atoms with Crippen LogP contribution in [0.15, 0.2) is 18.2 Å². The van der Waals surface area contributed by atoms with Crippen LogP contribution in [0.1, 0.15) is 44.6 Å². The maximum atomic E-state index is 13.8. The number of hydrogen-bond acceptors (Lipinski definition) is 2. The molecule has 138 valence electrons. The summed E-state index contributed by atoms with van der Waals surface area (Å²) in [5.41, 5.74) is 0.241. The first kappa shape index (κ1) is 19.7. The molecule has 25 heavy (non-hydrogen) atoms. The first-order valence-electron chi connectivity index (χ1n) is 9.01. The van der Waals surface area contributed by atoms with Crippen molar-refractivity contribution in [1.82, 2.24) is 10.2 Å². The first-order valence-corrected chi connectivity index (χ1v) is 9.39. The van der Waals surface area contributed by atoms with Crippen LogP contribution in [0.2, 0.25) is 5.02 Å². The number of unbranched alkanes of at least 4 members (excludes halogenated alkanes) is 2. The largest absolute Gasteiger partial charge is 0.356 e. The van der Waals surface area contributed by atoms with Crippen LogP contribution in [0.5, 0.6) is 0 Å². The van der Waals surface area contributed by atoms with Gasteiger partial charge in [-0.25, -0.2) is 4.39 Å². The summed E-state index contributed by atoms with van der Waals surface area (Å²) in [7, 11) is 0. The van der Waals surface area contributed by atoms with Gasteiger partial charge in [0.2, 0.25) is 11.8 Å². The Labute approximate surface area is 153 Å². The van der Waals surface area contributed by atoms with Gasteiger partial charge in [-0.3, -0.25) is 9.59 Å². The molecule has 2 rings (SSSR count). The van der Waals surface area contributed by atoms with Crippen molar-refractivity contribution in [3.05, 3.63) is 34.6 Å². The standard InChI is InChI=1S/C19H26ClFN2O2/c1-2-3-4-10-22-19(25)14-8-11-23(12-9-14)18(24)13-15-16(20)6-5-7-17(15)21/h5-7,14H,2-4,8-13H2,1H3,(H,22,25). The number of benzene rings is 1. The van der Waals surface area contributed by atoms with E-state index < -0.39 is 5.82 Å². The Balaban J connectivity index is 1.79. The van der Waals surface area contributed by atoms with Crippen LogP contribution in [0.3, 0.4) is 0 Å². The fourth-order valence-electron chi connectivity index (χ4n) is 3.09. The van der Waals surface area contributed by atoms with Crippen LogP contribution in [0, 0.1) is 11.7 Å². The van der Waals surface area contributed by atoms with Gasteiger partial charge < -0.3 is 10.2 Å². The zero-order valence-corrected chi connectivity index (χ0v) is 15.4. The number of amides is 2. The molecule has 0 aromatic heterocycles. The minimum absolute atomic E-state index is 0.0391. The van der Waals surface area contributed by atoms with E-state index in [1.54, 1.807) is 11.0 Å². The van der Waals surface area contributed by atoms with Crippen LogP contribution in [-0.2, 0) is 16.0 Å². The Morgan fingerprint density at radius 1 is 1.28 bits per heavy atom. The van der Waals surface area contributed by atoms with E-state index in [4.69, 9.17) is 11.6 Å². The van der Waals surface area contributed by atoms with E-state index in [-0.39, 0.29) is 34.7 Å². The van der Waals surface area contributed by atoms with Crippen molar-refractivity contribution in [2.24, 2.45) is 5.92 Å². The average molecular weight is 369 g/mol. The molecular weight excluding hydrogens is 343 g/mol. The van der Waals surface area contributed by atoms with Crippen LogP contribution in [-0.4, -0.2) is 36.3 Å². The molecular formula is C19H26ClFN2O2. The van der Waals surface area contributed by atoms with Crippen molar-refractivity contribution in [2.75, 3.05) is 19.6 Å². The van der Waals surface area contributed by atoms with Gasteiger partial charge in [-0.05, 0) is 31.4 Å². The Kier molecular flexibility index (Phi) is 7.69. The third kappa shape index (κ3) is 5.70. The predicted octanol–water partition coefficient (Wildman–Crippen LogP) is 3.57. The maximum Gasteiger partial charge on any atom is 0.227 e. The molecule has 1 aliphatic rings. The monoisotopic (exact) mass is 368 g/mol. The van der Waals surface area contributed by atoms with Gasteiger partial charge >= 0.3 is 0 Å². The third-order valence-electron chi connectivity index (χ3n) is 4.69. The highest BCUT2D eigenvalue weighted by atomic mass is 35.5. The van der Waals surface area contributed by atoms with Gasteiger partial charge in [0.25, 0.3) is 0 Å². The van der Waals surface area contributed by atoms with E-state index in [9.17, 15) is 14.0 Å². The second-order valence-corrected chi connectivity index (χ2v) is 6.94. The lowest BCUT2D eigenvalue weighted by atomic mass is 9.95. The van der Waals surface area contributed by atoms with E-state index in [0.29, 0.717) is 25.9 Å². The Hall–Kier alpha value is -1.62. The van der Waals surface area contributed by atoms with Gasteiger partial charge in [0.05, 0.1) is 6.42 Å². The highest BCUT2D eigenvalue weighted by molar-refractivity contribution is 6.31. The third-order valence-corrected chi connectivity index (χ3v) is 5.04. The number of carbonyl (C=O) groups is 2. The molecule has 1 aliphatic heterocycles. The smallest absolute Gasteiger partial charge is 0.227 e. The Morgan fingerprint density at radius 2 is 2.00 bits per heavy atom. The summed E-state index contributed by atoms with van der Waals surface area (Å²) in [6.07, 6.45) is 4.50. The van der Waals surface area contributed by atoms with Crippen LogP contribution in [0.4, 0.5) is 4.39 Å². The van der Waals surface area contributed by atoms with Crippen LogP contribution >= 0.6 is 11.6 Å². The molecule has 1 heterocycles. The molecule has 0 bridgehead atoms. The number of hydrogen-bond donors (Lipinski definition) is 1. The van der Waals surface area contributed by atoms with Gasteiger partial charge in [0.1, 0.15) is 5.82 Å². The molecule has 0 saturated carbocycles. The van der Waals surface area contributed by atoms with Crippen LogP contribution < -0.4 is 5.32 Å². The highest BCUT2D eigenvalue weighted by Gasteiger charge is 2.27. The summed E-state index contributed by atoms with van der Waals surface area (Å²) in [6.45, 7) is 3.90. The maximum absolute atomic E-state index is 13.8. The van der Waals surface area contributed by atoms with E-state index >= 15 is 0 Å². The topological polar surface area (TPSA) is 49.4 Å². The number of nitrogens with one attached hydrogen (secondary N) is 1. The van der Waals surface area contributed by atoms with Crippen molar-refractivity contribution in [3.8, 4) is 0 Å². The van der Waals surface area contributed by atoms with Gasteiger partial charge in [-0.15, -0.1) is 0 Å². The van der Waals surface area contributed by atoms with Gasteiger partial charge in [0, 0.05) is 36.1 Å². The molecule has 1 aromatic rings. The molecule has 0 aliphatic carbocycles. The number of halogens is 2. The van der Waals surface area contributed by atoms with Gasteiger partial charge in [0.15, 0.2) is 0 Å². The molecule has 1 aromatic carbocycles. The fourth-order valence-corrected chi connectivity index (χ4v) is 3.32. The minimum atomic E-state index is -0.456. The summed E-state index contributed by atoms with van der Waals surface area (Å²) < 4.78 is 13.8. The summed E-state index contributed by atoms with van der Waals surface area (Å²) in [6, 6.07) is 4.42. The molecule has 0 radical (unpaired) electrons. The number of nitrogens with zero attached hydrogens (tertiary/aromatic N) is 1. The molecule has 0 spiro atoms. The lowest BCUT2D eigenvalue weighted by Crippen LogP contribution is -2.43. The molecule has 1 fully saturated rings. The number of rotatable bonds is 7. The van der Waals surface area contributed by atoms with Crippen molar-refractivity contribution in [2.45, 2.75) is 45.4 Å². The lowest BCUT2D eigenvalue weighted by molar-refractivity contribution is -0.135. The summed E-state index contributed by atoms with van der Waals surface area (Å²) in [4.78, 5) is 26.2. The van der Waals surface area contributed by atoms with Gasteiger partial charge in [-0.2, -0.15) is 0 Å². The normalized spacial score (nSPS) is 15.2. The highest BCUT2D eigenvalue weighted by Crippen LogP contribution is 2.22. The zero-order valence-electron chi connectivity index (χ0n) is 14.7. The quantitative estimate of drug-likeness (QED) is 0.748. The molecule has 1 saturated heterocycles. The number of likely N-dealkylation sites (tertiary alicyclic amines) is 1. The molecule has 2 amide bonds. The second kappa shape index (κ2) is 9.76. The minimum Gasteiger partial charge on any atom is -0.356 e. The first-order chi connectivity index (χ1) is 12.0. The number of carbonyl (C=O) groups excluding carboxylic acids is 2. The molecule has 6 heteroatoms. The summed E-state index contributed by atoms with van der Waals surface area (Å²) in [5, 5.41) is 3.25. The van der Waals surface area contributed by atoms with Crippen molar-refractivity contribution in [1.29, 1.82) is 0 Å².